The van der Waals surface area contributed by atoms with Crippen molar-refractivity contribution in [2.75, 3.05) is 37.7 Å². The number of carboxylic acid groups (broad SMARTS) is 1. The van der Waals surface area contributed by atoms with Crippen LogP contribution in [0.15, 0.2) is 0 Å². The van der Waals surface area contributed by atoms with Crippen molar-refractivity contribution in [3.63, 3.8) is 0 Å². The number of aliphatic carboxylic acids is 1. The molecule has 1 unspecified atom stereocenters. The lowest BCUT2D eigenvalue weighted by Gasteiger charge is -2.37. The summed E-state index contributed by atoms with van der Waals surface area (Å²) in [6, 6.07) is -0.0215. The van der Waals surface area contributed by atoms with E-state index >= 15 is 0 Å². The second-order valence-electron chi connectivity index (χ2n) is 5.17. The summed E-state index contributed by atoms with van der Waals surface area (Å²) in [5.74, 6) is 0.373. The van der Waals surface area contributed by atoms with Gasteiger partial charge in [0.2, 0.25) is 0 Å². The highest BCUT2D eigenvalue weighted by Gasteiger charge is 2.29. The van der Waals surface area contributed by atoms with Crippen molar-refractivity contribution in [1.82, 2.24) is 9.80 Å². The number of urea groups is 1. The first kappa shape index (κ1) is 14.3. The summed E-state index contributed by atoms with van der Waals surface area (Å²) in [7, 11) is -0.787. The summed E-state index contributed by atoms with van der Waals surface area (Å²) in [6.45, 7) is 2.33. The second kappa shape index (κ2) is 6.36. The third kappa shape index (κ3) is 3.92. The molecule has 2 rings (SSSR count). The Bertz CT molecular complexity index is 378. The van der Waals surface area contributed by atoms with Crippen LogP contribution in [0.3, 0.4) is 0 Å². The summed E-state index contributed by atoms with van der Waals surface area (Å²) in [5, 5.41) is 8.82. The lowest BCUT2D eigenvalue weighted by molar-refractivity contribution is -0.138. The number of amides is 2. The molecule has 0 radical (unpaired) electrons. The fourth-order valence-corrected chi connectivity index (χ4v) is 3.73. The fourth-order valence-electron chi connectivity index (χ4n) is 2.68. The van der Waals surface area contributed by atoms with E-state index in [9.17, 15) is 13.8 Å². The van der Waals surface area contributed by atoms with Crippen LogP contribution < -0.4 is 0 Å². The molecule has 108 valence electrons. The number of rotatable bonds is 2. The molecule has 1 N–H and O–H groups in total. The van der Waals surface area contributed by atoms with Gasteiger partial charge in [-0.25, -0.2) is 4.79 Å². The number of hydrogen-bond donors (Lipinski definition) is 1. The fraction of sp³-hybridized carbons (Fsp3) is 0.833. The van der Waals surface area contributed by atoms with Crippen LogP contribution >= 0.6 is 0 Å². The van der Waals surface area contributed by atoms with E-state index in [0.717, 1.165) is 12.8 Å². The quantitative estimate of drug-likeness (QED) is 0.795. The summed E-state index contributed by atoms with van der Waals surface area (Å²) in [5.41, 5.74) is 0. The van der Waals surface area contributed by atoms with Crippen molar-refractivity contribution in [2.45, 2.75) is 19.3 Å². The summed E-state index contributed by atoms with van der Waals surface area (Å²) in [4.78, 5) is 26.5. The minimum Gasteiger partial charge on any atom is -0.481 e. The van der Waals surface area contributed by atoms with Crippen molar-refractivity contribution in [3.05, 3.63) is 0 Å². The molecule has 0 aromatic carbocycles. The zero-order chi connectivity index (χ0) is 13.8. The van der Waals surface area contributed by atoms with Crippen molar-refractivity contribution < 1.29 is 18.9 Å². The predicted molar refractivity (Wildman–Crippen MR) is 71.4 cm³/mol. The van der Waals surface area contributed by atoms with E-state index in [1.54, 1.807) is 9.80 Å². The number of carbonyl (C=O) groups is 2. The van der Waals surface area contributed by atoms with Crippen LogP contribution in [0, 0.1) is 5.92 Å². The van der Waals surface area contributed by atoms with E-state index in [4.69, 9.17) is 5.11 Å². The molecule has 2 aliphatic heterocycles. The Balaban J connectivity index is 1.88. The Labute approximate surface area is 115 Å². The van der Waals surface area contributed by atoms with Gasteiger partial charge in [0.15, 0.2) is 0 Å². The van der Waals surface area contributed by atoms with Crippen LogP contribution in [-0.2, 0) is 15.6 Å². The Morgan fingerprint density at radius 2 is 1.84 bits per heavy atom. The molecule has 2 heterocycles. The average molecular weight is 288 g/mol. The van der Waals surface area contributed by atoms with Gasteiger partial charge in [-0.2, -0.15) is 0 Å². The molecule has 0 saturated carbocycles. The highest BCUT2D eigenvalue weighted by Crippen LogP contribution is 2.21. The third-order valence-corrected chi connectivity index (χ3v) is 4.98. The predicted octanol–water partition coefficient (Wildman–Crippen LogP) is 0.357. The molecule has 7 heteroatoms. The number of piperidine rings is 1. The molecule has 2 saturated heterocycles. The highest BCUT2D eigenvalue weighted by molar-refractivity contribution is 7.85. The van der Waals surface area contributed by atoms with Gasteiger partial charge in [-0.15, -0.1) is 0 Å². The largest absolute Gasteiger partial charge is 0.481 e. The average Bonchev–Trinajstić information content (AvgIpc) is 2.38. The Morgan fingerprint density at radius 1 is 1.16 bits per heavy atom. The molecule has 2 amide bonds. The number of carbonyl (C=O) groups excluding carboxylic acids is 1. The van der Waals surface area contributed by atoms with Crippen LogP contribution in [-0.4, -0.2) is 68.8 Å². The number of carboxylic acids is 1. The van der Waals surface area contributed by atoms with Gasteiger partial charge in [0, 0.05) is 54.9 Å². The van der Waals surface area contributed by atoms with E-state index in [-0.39, 0.29) is 18.4 Å². The van der Waals surface area contributed by atoms with Crippen LogP contribution in [0.1, 0.15) is 19.3 Å². The van der Waals surface area contributed by atoms with E-state index in [1.807, 2.05) is 0 Å². The zero-order valence-electron chi connectivity index (χ0n) is 10.9. The van der Waals surface area contributed by atoms with Crippen molar-refractivity contribution in [1.29, 1.82) is 0 Å². The number of hydrogen-bond acceptors (Lipinski definition) is 3. The van der Waals surface area contributed by atoms with Gasteiger partial charge in [0.25, 0.3) is 0 Å². The Morgan fingerprint density at radius 3 is 2.47 bits per heavy atom. The third-order valence-electron chi connectivity index (χ3n) is 3.70. The molecule has 2 fully saturated rings. The van der Waals surface area contributed by atoms with Gasteiger partial charge in [0.05, 0.1) is 0 Å². The molecule has 1 atom stereocenters. The van der Waals surface area contributed by atoms with E-state index in [2.05, 4.69) is 0 Å². The molecule has 0 spiro atoms. The van der Waals surface area contributed by atoms with E-state index in [1.165, 1.54) is 0 Å². The Hall–Kier alpha value is -1.11. The maximum atomic E-state index is 12.3. The van der Waals surface area contributed by atoms with E-state index < -0.39 is 16.8 Å². The maximum absolute atomic E-state index is 12.3. The van der Waals surface area contributed by atoms with Gasteiger partial charge in [-0.3, -0.25) is 9.00 Å². The first-order valence-electron chi connectivity index (χ1n) is 6.67. The topological polar surface area (TPSA) is 77.9 Å². The number of nitrogens with zero attached hydrogens (tertiary/aromatic N) is 2. The molecule has 0 bridgehead atoms. The van der Waals surface area contributed by atoms with Crippen molar-refractivity contribution >= 4 is 22.8 Å². The first-order valence-corrected chi connectivity index (χ1v) is 8.15. The lowest BCUT2D eigenvalue weighted by atomic mass is 9.95. The standard InChI is InChI=1S/C12H20N2O4S/c15-11(16)8-10-2-1-3-14(9-10)12(17)13-4-6-19(18)7-5-13/h10H,1-9H2,(H,15,16). The normalized spacial score (nSPS) is 25.4. The molecule has 0 aromatic heterocycles. The smallest absolute Gasteiger partial charge is 0.320 e. The lowest BCUT2D eigenvalue weighted by Crippen LogP contribution is -2.51. The van der Waals surface area contributed by atoms with Crippen LogP contribution in [0.5, 0.6) is 0 Å². The molecular weight excluding hydrogens is 268 g/mol. The minimum absolute atomic E-state index is 0.0215. The highest BCUT2D eigenvalue weighted by atomic mass is 32.2. The zero-order valence-corrected chi connectivity index (χ0v) is 11.7. The molecule has 19 heavy (non-hydrogen) atoms. The monoisotopic (exact) mass is 288 g/mol. The maximum Gasteiger partial charge on any atom is 0.320 e. The molecule has 2 aliphatic rings. The molecule has 0 aliphatic carbocycles. The van der Waals surface area contributed by atoms with Crippen LogP contribution in [0.2, 0.25) is 0 Å². The van der Waals surface area contributed by atoms with Crippen LogP contribution in [0.25, 0.3) is 0 Å². The summed E-state index contributed by atoms with van der Waals surface area (Å²) >= 11 is 0. The Kier molecular flexibility index (Phi) is 4.79. The molecule has 0 aromatic rings. The van der Waals surface area contributed by atoms with Gasteiger partial charge in [0.1, 0.15) is 0 Å². The van der Waals surface area contributed by atoms with Crippen LogP contribution in [0.4, 0.5) is 4.79 Å². The van der Waals surface area contributed by atoms with Gasteiger partial charge < -0.3 is 14.9 Å². The summed E-state index contributed by atoms with van der Waals surface area (Å²) in [6.07, 6.45) is 1.87. The van der Waals surface area contributed by atoms with Gasteiger partial charge in [-0.1, -0.05) is 0 Å². The summed E-state index contributed by atoms with van der Waals surface area (Å²) < 4.78 is 11.3. The second-order valence-corrected chi connectivity index (χ2v) is 6.87. The van der Waals surface area contributed by atoms with Gasteiger partial charge in [-0.05, 0) is 18.8 Å². The number of likely N-dealkylation sites (tertiary alicyclic amines) is 1. The van der Waals surface area contributed by atoms with Crippen molar-refractivity contribution in [3.8, 4) is 0 Å². The first-order chi connectivity index (χ1) is 9.06. The minimum atomic E-state index is -0.798. The molecular formula is C12H20N2O4S. The van der Waals surface area contributed by atoms with E-state index in [0.29, 0.717) is 37.7 Å². The van der Waals surface area contributed by atoms with Gasteiger partial charge >= 0.3 is 12.0 Å². The molecule has 6 nitrogen and oxygen atoms in total. The van der Waals surface area contributed by atoms with Crippen molar-refractivity contribution in [2.24, 2.45) is 5.92 Å². The SMILES string of the molecule is O=C(O)CC1CCCN(C(=O)N2CCS(=O)CC2)C1.